The summed E-state index contributed by atoms with van der Waals surface area (Å²) >= 11 is 0. The van der Waals surface area contributed by atoms with Gasteiger partial charge in [0.15, 0.2) is 6.10 Å². The van der Waals surface area contributed by atoms with Crippen LogP contribution < -0.4 is 0 Å². The van der Waals surface area contributed by atoms with Crippen molar-refractivity contribution in [1.82, 2.24) is 0 Å². The summed E-state index contributed by atoms with van der Waals surface area (Å²) in [5.41, 5.74) is 0. The molecule has 6 heteroatoms. The summed E-state index contributed by atoms with van der Waals surface area (Å²) in [6.07, 6.45) is 31.3. The lowest BCUT2D eigenvalue weighted by Gasteiger charge is -2.18. The summed E-state index contributed by atoms with van der Waals surface area (Å²) in [6, 6.07) is 0. The van der Waals surface area contributed by atoms with Crippen molar-refractivity contribution in [3.8, 4) is 0 Å². The average molecular weight is 681 g/mol. The third kappa shape index (κ3) is 35.7. The number of unbranched alkanes of at least 4 members (excludes halogenated alkanes) is 21. The van der Waals surface area contributed by atoms with Crippen molar-refractivity contribution in [1.29, 1.82) is 0 Å². The minimum Gasteiger partial charge on any atom is -0.462 e. The number of esters is 3. The predicted octanol–water partition coefficient (Wildman–Crippen LogP) is 12.6. The van der Waals surface area contributed by atoms with Gasteiger partial charge in [-0.25, -0.2) is 0 Å². The van der Waals surface area contributed by atoms with Gasteiger partial charge in [-0.15, -0.1) is 0 Å². The quantitative estimate of drug-likeness (QED) is 0.0372. The molecule has 0 aliphatic rings. The van der Waals surface area contributed by atoms with Crippen LogP contribution in [0.2, 0.25) is 0 Å². The van der Waals surface area contributed by atoms with Gasteiger partial charge < -0.3 is 14.2 Å². The number of rotatable bonds is 36. The van der Waals surface area contributed by atoms with Gasteiger partial charge in [-0.1, -0.05) is 182 Å². The van der Waals surface area contributed by atoms with Gasteiger partial charge >= 0.3 is 17.9 Å². The lowest BCUT2D eigenvalue weighted by Crippen LogP contribution is -2.30. The van der Waals surface area contributed by atoms with Gasteiger partial charge in [-0.3, -0.25) is 14.4 Å². The van der Waals surface area contributed by atoms with E-state index in [1.165, 1.54) is 103 Å². The molecule has 0 N–H and O–H groups in total. The highest BCUT2D eigenvalue weighted by Gasteiger charge is 2.19. The molecule has 0 aromatic rings. The van der Waals surface area contributed by atoms with Crippen molar-refractivity contribution in [2.45, 2.75) is 227 Å². The van der Waals surface area contributed by atoms with Gasteiger partial charge in [0.1, 0.15) is 13.2 Å². The van der Waals surface area contributed by atoms with E-state index in [2.05, 4.69) is 34.6 Å². The molecule has 0 aromatic heterocycles. The van der Waals surface area contributed by atoms with E-state index < -0.39 is 6.10 Å². The first kappa shape index (κ1) is 46.4. The van der Waals surface area contributed by atoms with E-state index in [1.54, 1.807) is 0 Å². The van der Waals surface area contributed by atoms with Gasteiger partial charge in [0.2, 0.25) is 0 Å². The van der Waals surface area contributed by atoms with Gasteiger partial charge in [0.25, 0.3) is 0 Å². The largest absolute Gasteiger partial charge is 0.462 e. The van der Waals surface area contributed by atoms with Crippen LogP contribution in [-0.4, -0.2) is 37.2 Å². The molecule has 0 rings (SSSR count). The second-order valence-corrected chi connectivity index (χ2v) is 15.2. The lowest BCUT2D eigenvalue weighted by molar-refractivity contribution is -0.167. The van der Waals surface area contributed by atoms with E-state index in [-0.39, 0.29) is 31.1 Å². The molecule has 1 atom stereocenters. The minimum atomic E-state index is -0.758. The maximum absolute atomic E-state index is 12.6. The zero-order chi connectivity index (χ0) is 35.5. The number of ether oxygens (including phenoxy) is 3. The highest BCUT2D eigenvalue weighted by Crippen LogP contribution is 2.16. The summed E-state index contributed by atoms with van der Waals surface area (Å²) in [7, 11) is 0. The van der Waals surface area contributed by atoms with Gasteiger partial charge in [-0.2, -0.15) is 0 Å². The Kier molecular flexibility index (Phi) is 34.1. The van der Waals surface area contributed by atoms with Gasteiger partial charge in [-0.05, 0) is 31.1 Å². The van der Waals surface area contributed by atoms with Crippen LogP contribution in [0.1, 0.15) is 221 Å². The first-order valence-corrected chi connectivity index (χ1v) is 20.7. The molecule has 0 bridgehead atoms. The molecule has 48 heavy (non-hydrogen) atoms. The third-order valence-corrected chi connectivity index (χ3v) is 9.22. The Labute approximate surface area is 298 Å². The highest BCUT2D eigenvalue weighted by atomic mass is 16.6. The predicted molar refractivity (Wildman–Crippen MR) is 201 cm³/mol. The molecule has 0 heterocycles. The average Bonchev–Trinajstić information content (AvgIpc) is 3.04. The van der Waals surface area contributed by atoms with Crippen LogP contribution >= 0.6 is 0 Å². The Morgan fingerprint density at radius 2 is 0.688 bits per heavy atom. The Morgan fingerprint density at radius 1 is 0.396 bits per heavy atom. The molecule has 0 aromatic carbocycles. The number of hydrogen-bond acceptors (Lipinski definition) is 6. The first-order valence-electron chi connectivity index (χ1n) is 20.7. The summed E-state index contributed by atoms with van der Waals surface area (Å²) in [6.45, 7) is 11.2. The van der Waals surface area contributed by atoms with Crippen LogP contribution in [0.4, 0.5) is 0 Å². The lowest BCUT2D eigenvalue weighted by atomic mass is 10.0. The van der Waals surface area contributed by atoms with Crippen LogP contribution in [-0.2, 0) is 28.6 Å². The standard InChI is InChI=1S/C42H80O6/c1-6-7-8-20-27-32-40(43)46-35-39(48-42(45)34-29-24-19-15-17-22-26-31-38(4)5)36-47-41(44)33-28-23-18-14-12-10-9-11-13-16-21-25-30-37(2)3/h37-39H,6-36H2,1-5H3/t39-/m1/s1. The first-order chi connectivity index (χ1) is 23.2. The molecule has 0 unspecified atom stereocenters. The van der Waals surface area contributed by atoms with E-state index >= 15 is 0 Å². The number of carbonyl (C=O) groups excluding carboxylic acids is 3. The Bertz CT molecular complexity index is 734. The monoisotopic (exact) mass is 681 g/mol. The Hall–Kier alpha value is -1.59. The normalized spacial score (nSPS) is 12.1. The van der Waals surface area contributed by atoms with Crippen molar-refractivity contribution in [2.24, 2.45) is 11.8 Å². The van der Waals surface area contributed by atoms with Crippen molar-refractivity contribution in [3.63, 3.8) is 0 Å². The molecular weight excluding hydrogens is 600 g/mol. The van der Waals surface area contributed by atoms with Crippen LogP contribution in [0.15, 0.2) is 0 Å². The fraction of sp³-hybridized carbons (Fsp3) is 0.929. The van der Waals surface area contributed by atoms with Gasteiger partial charge in [0.05, 0.1) is 0 Å². The zero-order valence-electron chi connectivity index (χ0n) is 32.6. The van der Waals surface area contributed by atoms with Crippen molar-refractivity contribution < 1.29 is 28.6 Å². The number of carbonyl (C=O) groups is 3. The van der Waals surface area contributed by atoms with Crippen LogP contribution in [0.5, 0.6) is 0 Å². The maximum atomic E-state index is 12.6. The van der Waals surface area contributed by atoms with E-state index in [0.29, 0.717) is 19.3 Å². The van der Waals surface area contributed by atoms with Crippen LogP contribution in [0.25, 0.3) is 0 Å². The SMILES string of the molecule is CCCCCCCC(=O)OC[C@H](COC(=O)CCCCCCCCCCCCCCC(C)C)OC(=O)CCCCCCCCCC(C)C. The van der Waals surface area contributed by atoms with Crippen molar-refractivity contribution >= 4 is 17.9 Å². The molecular formula is C42H80O6. The molecule has 0 radical (unpaired) electrons. The van der Waals surface area contributed by atoms with Crippen molar-refractivity contribution in [2.75, 3.05) is 13.2 Å². The number of hydrogen-bond donors (Lipinski definition) is 0. The maximum Gasteiger partial charge on any atom is 0.306 e. The smallest absolute Gasteiger partial charge is 0.306 e. The van der Waals surface area contributed by atoms with E-state index in [9.17, 15) is 14.4 Å². The van der Waals surface area contributed by atoms with E-state index in [1.807, 2.05) is 0 Å². The van der Waals surface area contributed by atoms with Crippen LogP contribution in [0, 0.1) is 11.8 Å². The van der Waals surface area contributed by atoms with Crippen molar-refractivity contribution in [3.05, 3.63) is 0 Å². The topological polar surface area (TPSA) is 78.9 Å². The fourth-order valence-corrected chi connectivity index (χ4v) is 6.05. The minimum absolute atomic E-state index is 0.0670. The second-order valence-electron chi connectivity index (χ2n) is 15.2. The second kappa shape index (κ2) is 35.2. The molecule has 0 spiro atoms. The molecule has 0 saturated heterocycles. The van der Waals surface area contributed by atoms with Crippen LogP contribution in [0.3, 0.4) is 0 Å². The Morgan fingerprint density at radius 3 is 1.02 bits per heavy atom. The molecule has 0 aliphatic carbocycles. The van der Waals surface area contributed by atoms with E-state index in [0.717, 1.165) is 76.0 Å². The molecule has 0 saturated carbocycles. The summed E-state index contributed by atoms with van der Waals surface area (Å²) in [4.78, 5) is 37.3. The molecule has 0 amide bonds. The fourth-order valence-electron chi connectivity index (χ4n) is 6.05. The van der Waals surface area contributed by atoms with E-state index in [4.69, 9.17) is 14.2 Å². The Balaban J connectivity index is 4.20. The molecule has 0 aliphatic heterocycles. The zero-order valence-corrected chi connectivity index (χ0v) is 32.6. The van der Waals surface area contributed by atoms with Gasteiger partial charge in [0, 0.05) is 19.3 Å². The summed E-state index contributed by atoms with van der Waals surface area (Å²) in [5.74, 6) is 0.732. The molecule has 6 nitrogen and oxygen atoms in total. The highest BCUT2D eigenvalue weighted by molar-refractivity contribution is 5.71. The molecule has 0 fully saturated rings. The summed E-state index contributed by atoms with van der Waals surface area (Å²) in [5, 5.41) is 0. The third-order valence-electron chi connectivity index (χ3n) is 9.22. The molecule has 284 valence electrons. The summed E-state index contributed by atoms with van der Waals surface area (Å²) < 4.78 is 16.5.